The molecule has 0 spiro atoms. The molecule has 2 rings (SSSR count). The Morgan fingerprint density at radius 3 is 2.88 bits per heavy atom. The minimum absolute atomic E-state index is 0.201. The van der Waals surface area contributed by atoms with E-state index in [0.29, 0.717) is 16.4 Å². The topological polar surface area (TPSA) is 44.9 Å². The van der Waals surface area contributed by atoms with Crippen LogP contribution in [0.4, 0.5) is 5.69 Å². The van der Waals surface area contributed by atoms with E-state index in [9.17, 15) is 4.79 Å². The lowest BCUT2D eigenvalue weighted by Crippen LogP contribution is -2.12. The Balaban J connectivity index is 2.21. The predicted molar refractivity (Wildman–Crippen MR) is 67.9 cm³/mol. The molecule has 1 aromatic carbocycles. The number of halogens is 2. The van der Waals surface area contributed by atoms with Gasteiger partial charge in [0.2, 0.25) is 0 Å². The van der Waals surface area contributed by atoms with Crippen LogP contribution >= 0.6 is 27.5 Å². The van der Waals surface area contributed by atoms with Crippen molar-refractivity contribution in [3.8, 4) is 0 Å². The molecular weight excluding hydrogens is 291 g/mol. The molecule has 0 aliphatic rings. The number of hydrogen-bond donors (Lipinski definition) is 2. The van der Waals surface area contributed by atoms with Crippen LogP contribution in [0.1, 0.15) is 10.5 Å². The highest BCUT2D eigenvalue weighted by Crippen LogP contribution is 2.26. The van der Waals surface area contributed by atoms with Gasteiger partial charge in [-0.15, -0.1) is 0 Å². The lowest BCUT2D eigenvalue weighted by molar-refractivity contribution is 0.102. The fourth-order valence-corrected chi connectivity index (χ4v) is 1.77. The standard InChI is InChI=1S/C11H8BrClN2O/c12-8-4-3-7(13)6-10(8)15-11(16)9-2-1-5-14-9/h1-6,14H,(H,15,16). The van der Waals surface area contributed by atoms with E-state index in [2.05, 4.69) is 26.2 Å². The van der Waals surface area contributed by atoms with Crippen LogP contribution in [0.3, 0.4) is 0 Å². The molecule has 0 saturated carbocycles. The molecule has 1 amide bonds. The molecule has 1 heterocycles. The van der Waals surface area contributed by atoms with E-state index in [4.69, 9.17) is 11.6 Å². The van der Waals surface area contributed by atoms with Crippen LogP contribution < -0.4 is 5.32 Å². The third-order valence-electron chi connectivity index (χ3n) is 2.02. The van der Waals surface area contributed by atoms with Crippen LogP contribution in [0.2, 0.25) is 5.02 Å². The maximum absolute atomic E-state index is 11.7. The van der Waals surface area contributed by atoms with Crippen molar-refractivity contribution in [2.75, 3.05) is 5.32 Å². The maximum Gasteiger partial charge on any atom is 0.272 e. The zero-order chi connectivity index (χ0) is 11.5. The summed E-state index contributed by atoms with van der Waals surface area (Å²) in [6, 6.07) is 8.69. The van der Waals surface area contributed by atoms with Crippen LogP contribution in [0.25, 0.3) is 0 Å². The van der Waals surface area contributed by atoms with E-state index in [1.165, 1.54) is 0 Å². The largest absolute Gasteiger partial charge is 0.357 e. The first-order valence-corrected chi connectivity index (χ1v) is 5.74. The minimum Gasteiger partial charge on any atom is -0.357 e. The van der Waals surface area contributed by atoms with Crippen molar-refractivity contribution in [3.05, 3.63) is 51.7 Å². The molecule has 2 aromatic rings. The third kappa shape index (κ3) is 2.46. The van der Waals surface area contributed by atoms with E-state index in [-0.39, 0.29) is 5.91 Å². The van der Waals surface area contributed by atoms with Gasteiger partial charge in [-0.25, -0.2) is 0 Å². The molecule has 16 heavy (non-hydrogen) atoms. The summed E-state index contributed by atoms with van der Waals surface area (Å²) in [6.45, 7) is 0. The highest BCUT2D eigenvalue weighted by molar-refractivity contribution is 9.10. The highest BCUT2D eigenvalue weighted by atomic mass is 79.9. The van der Waals surface area contributed by atoms with E-state index in [1.807, 2.05) is 0 Å². The summed E-state index contributed by atoms with van der Waals surface area (Å²) in [7, 11) is 0. The maximum atomic E-state index is 11.7. The van der Waals surface area contributed by atoms with Crippen molar-refractivity contribution in [2.24, 2.45) is 0 Å². The summed E-state index contributed by atoms with van der Waals surface area (Å²) < 4.78 is 0.789. The second-order valence-corrected chi connectivity index (χ2v) is 4.45. The number of aromatic amines is 1. The van der Waals surface area contributed by atoms with Gasteiger partial charge in [0.05, 0.1) is 5.69 Å². The van der Waals surface area contributed by atoms with E-state index in [0.717, 1.165) is 4.47 Å². The van der Waals surface area contributed by atoms with Gasteiger partial charge in [0.1, 0.15) is 5.69 Å². The molecule has 0 atom stereocenters. The van der Waals surface area contributed by atoms with Crippen molar-refractivity contribution in [2.45, 2.75) is 0 Å². The summed E-state index contributed by atoms with van der Waals surface area (Å²) in [4.78, 5) is 14.6. The fraction of sp³-hybridized carbons (Fsp3) is 0. The SMILES string of the molecule is O=C(Nc1cc(Cl)ccc1Br)c1ccc[nH]1. The lowest BCUT2D eigenvalue weighted by atomic mass is 10.3. The molecule has 3 nitrogen and oxygen atoms in total. The molecule has 0 saturated heterocycles. The van der Waals surface area contributed by atoms with Crippen LogP contribution in [0.15, 0.2) is 41.0 Å². The van der Waals surface area contributed by atoms with Crippen molar-refractivity contribution < 1.29 is 4.79 Å². The van der Waals surface area contributed by atoms with Crippen molar-refractivity contribution in [1.82, 2.24) is 4.98 Å². The predicted octanol–water partition coefficient (Wildman–Crippen LogP) is 3.68. The quantitative estimate of drug-likeness (QED) is 0.873. The van der Waals surface area contributed by atoms with Gasteiger partial charge in [-0.3, -0.25) is 4.79 Å². The average molecular weight is 300 g/mol. The second-order valence-electron chi connectivity index (χ2n) is 3.16. The van der Waals surface area contributed by atoms with Gasteiger partial charge in [-0.05, 0) is 46.3 Å². The molecule has 0 radical (unpaired) electrons. The van der Waals surface area contributed by atoms with E-state index in [1.54, 1.807) is 36.5 Å². The van der Waals surface area contributed by atoms with E-state index < -0.39 is 0 Å². The number of H-pyrrole nitrogens is 1. The molecule has 0 fully saturated rings. The summed E-state index contributed by atoms with van der Waals surface area (Å²) in [5.74, 6) is -0.201. The normalized spacial score (nSPS) is 10.1. The summed E-state index contributed by atoms with van der Waals surface area (Å²) in [6.07, 6.45) is 1.70. The van der Waals surface area contributed by atoms with Gasteiger partial charge in [-0.2, -0.15) is 0 Å². The Morgan fingerprint density at radius 1 is 1.38 bits per heavy atom. The summed E-state index contributed by atoms with van der Waals surface area (Å²) in [5.41, 5.74) is 1.15. The Hall–Kier alpha value is -1.26. The molecule has 0 aliphatic heterocycles. The first-order valence-electron chi connectivity index (χ1n) is 4.56. The van der Waals surface area contributed by atoms with Crippen molar-refractivity contribution in [1.29, 1.82) is 0 Å². The fourth-order valence-electron chi connectivity index (χ4n) is 1.25. The smallest absolute Gasteiger partial charge is 0.272 e. The molecule has 0 unspecified atom stereocenters. The number of carbonyl (C=O) groups is 1. The minimum atomic E-state index is -0.201. The van der Waals surface area contributed by atoms with Crippen molar-refractivity contribution >= 4 is 39.1 Å². The van der Waals surface area contributed by atoms with Crippen LogP contribution in [-0.2, 0) is 0 Å². The molecule has 0 aliphatic carbocycles. The number of aromatic nitrogens is 1. The number of rotatable bonds is 2. The van der Waals surface area contributed by atoms with Crippen LogP contribution in [-0.4, -0.2) is 10.9 Å². The monoisotopic (exact) mass is 298 g/mol. The number of hydrogen-bond acceptors (Lipinski definition) is 1. The van der Waals surface area contributed by atoms with E-state index >= 15 is 0 Å². The molecule has 82 valence electrons. The zero-order valence-electron chi connectivity index (χ0n) is 8.13. The van der Waals surface area contributed by atoms with Crippen LogP contribution in [0.5, 0.6) is 0 Å². The Bertz CT molecular complexity index is 511. The number of carbonyl (C=O) groups excluding carboxylic acids is 1. The summed E-state index contributed by atoms with van der Waals surface area (Å²) >= 11 is 9.18. The first-order chi connectivity index (χ1) is 7.66. The lowest BCUT2D eigenvalue weighted by Gasteiger charge is -2.06. The number of benzene rings is 1. The molecule has 1 aromatic heterocycles. The highest BCUT2D eigenvalue weighted by Gasteiger charge is 2.08. The van der Waals surface area contributed by atoms with Gasteiger partial charge in [0.25, 0.3) is 5.91 Å². The van der Waals surface area contributed by atoms with Gasteiger partial charge in [0.15, 0.2) is 0 Å². The molecule has 2 N–H and O–H groups in total. The second kappa shape index (κ2) is 4.72. The number of anilines is 1. The number of amides is 1. The Morgan fingerprint density at radius 2 is 2.19 bits per heavy atom. The van der Waals surface area contributed by atoms with Crippen LogP contribution in [0, 0.1) is 0 Å². The third-order valence-corrected chi connectivity index (χ3v) is 2.95. The molecular formula is C11H8BrClN2O. The summed E-state index contributed by atoms with van der Waals surface area (Å²) in [5, 5.41) is 3.33. The molecule has 5 heteroatoms. The Labute approximate surface area is 106 Å². The van der Waals surface area contributed by atoms with Gasteiger partial charge < -0.3 is 10.3 Å². The first kappa shape index (κ1) is 11.2. The van der Waals surface area contributed by atoms with Gasteiger partial charge in [0, 0.05) is 15.7 Å². The molecule has 0 bridgehead atoms. The zero-order valence-corrected chi connectivity index (χ0v) is 10.5. The Kier molecular flexibility index (Phi) is 3.31. The van der Waals surface area contributed by atoms with Gasteiger partial charge >= 0.3 is 0 Å². The van der Waals surface area contributed by atoms with Crippen molar-refractivity contribution in [3.63, 3.8) is 0 Å². The van der Waals surface area contributed by atoms with Gasteiger partial charge in [-0.1, -0.05) is 11.6 Å². The number of nitrogens with one attached hydrogen (secondary N) is 2. The average Bonchev–Trinajstić information content (AvgIpc) is 2.76.